The van der Waals surface area contributed by atoms with Crippen LogP contribution in [0.25, 0.3) is 0 Å². The van der Waals surface area contributed by atoms with Gasteiger partial charge in [0.1, 0.15) is 18.5 Å². The van der Waals surface area contributed by atoms with Gasteiger partial charge in [-0.1, -0.05) is 36.4 Å². The van der Waals surface area contributed by atoms with Crippen molar-refractivity contribution >= 4 is 0 Å². The van der Waals surface area contributed by atoms with E-state index in [1.807, 2.05) is 48.5 Å². The number of ether oxygens (including phenoxy) is 2. The predicted octanol–water partition coefficient (Wildman–Crippen LogP) is 1.73. The first-order valence-electron chi connectivity index (χ1n) is 8.35. The Hall–Kier alpha value is -1.92. The Kier molecular flexibility index (Phi) is 7.88. The molecular formula is C20H26O5. The summed E-state index contributed by atoms with van der Waals surface area (Å²) in [5, 5.41) is 28.0. The average Bonchev–Trinajstić information content (AvgIpc) is 2.64. The Morgan fingerprint density at radius 1 is 0.840 bits per heavy atom. The summed E-state index contributed by atoms with van der Waals surface area (Å²) in [6.45, 7) is 0.333. The lowest BCUT2D eigenvalue weighted by molar-refractivity contribution is 0.0325. The second-order valence-electron chi connectivity index (χ2n) is 6.04. The maximum absolute atomic E-state index is 9.58. The van der Waals surface area contributed by atoms with Gasteiger partial charge < -0.3 is 24.8 Å². The lowest BCUT2D eigenvalue weighted by atomic mass is 9.97. The second kappa shape index (κ2) is 10.2. The first-order valence-corrected chi connectivity index (χ1v) is 8.35. The Labute approximate surface area is 148 Å². The van der Waals surface area contributed by atoms with Crippen LogP contribution in [0.4, 0.5) is 0 Å². The van der Waals surface area contributed by atoms with Gasteiger partial charge in [-0.2, -0.15) is 0 Å². The van der Waals surface area contributed by atoms with Crippen LogP contribution in [0.15, 0.2) is 48.5 Å². The number of hydrogen-bond donors (Lipinski definition) is 3. The van der Waals surface area contributed by atoms with Gasteiger partial charge in [0, 0.05) is 13.0 Å². The Balaban J connectivity index is 1.90. The third-order valence-corrected chi connectivity index (χ3v) is 4.02. The van der Waals surface area contributed by atoms with E-state index in [0.29, 0.717) is 5.75 Å². The van der Waals surface area contributed by atoms with Gasteiger partial charge in [-0.15, -0.1) is 0 Å². The molecule has 25 heavy (non-hydrogen) atoms. The van der Waals surface area contributed by atoms with Gasteiger partial charge in [0.15, 0.2) is 0 Å². The number of methoxy groups -OCH3 is 1. The van der Waals surface area contributed by atoms with Crippen LogP contribution < -0.4 is 4.74 Å². The van der Waals surface area contributed by atoms with E-state index in [-0.39, 0.29) is 32.3 Å². The third kappa shape index (κ3) is 6.14. The molecule has 0 aliphatic rings. The molecule has 2 aromatic carbocycles. The van der Waals surface area contributed by atoms with Crippen molar-refractivity contribution in [1.29, 1.82) is 0 Å². The zero-order valence-electron chi connectivity index (χ0n) is 14.5. The van der Waals surface area contributed by atoms with Crippen molar-refractivity contribution in [2.75, 3.05) is 33.5 Å². The smallest absolute Gasteiger partial charge is 0.119 e. The summed E-state index contributed by atoms with van der Waals surface area (Å²) in [6.07, 6.45) is 0.153. The summed E-state index contributed by atoms with van der Waals surface area (Å²) in [5.74, 6) is 0.488. The number of benzene rings is 2. The Morgan fingerprint density at radius 2 is 1.40 bits per heavy atom. The highest BCUT2D eigenvalue weighted by Crippen LogP contribution is 2.19. The molecule has 0 amide bonds. The van der Waals surface area contributed by atoms with Crippen molar-refractivity contribution < 1.29 is 24.8 Å². The van der Waals surface area contributed by atoms with Gasteiger partial charge in [-0.3, -0.25) is 0 Å². The molecule has 0 saturated carbocycles. The standard InChI is InChI=1S/C20H26O5/c1-24-13-19(23)14-25-20-8-4-16(5-9-20)10-15-2-6-17(7-3-15)18(11-21)12-22/h2-9,18-19,21-23H,10-14H2,1H3. The fourth-order valence-electron chi connectivity index (χ4n) is 2.55. The fourth-order valence-corrected chi connectivity index (χ4v) is 2.55. The zero-order valence-corrected chi connectivity index (χ0v) is 14.5. The van der Waals surface area contributed by atoms with Crippen molar-refractivity contribution in [3.63, 3.8) is 0 Å². The summed E-state index contributed by atoms with van der Waals surface area (Å²) in [4.78, 5) is 0. The molecule has 136 valence electrons. The van der Waals surface area contributed by atoms with Crippen LogP contribution in [0.1, 0.15) is 22.6 Å². The molecule has 5 heteroatoms. The molecule has 0 fully saturated rings. The van der Waals surface area contributed by atoms with Crippen molar-refractivity contribution in [1.82, 2.24) is 0 Å². The highest BCUT2D eigenvalue weighted by atomic mass is 16.5. The first kappa shape index (κ1) is 19.4. The molecule has 0 aliphatic heterocycles. The quantitative estimate of drug-likeness (QED) is 0.611. The monoisotopic (exact) mass is 346 g/mol. The SMILES string of the molecule is COCC(O)COc1ccc(Cc2ccc(C(CO)CO)cc2)cc1. The molecule has 0 spiro atoms. The van der Waals surface area contributed by atoms with Gasteiger partial charge in [0.05, 0.1) is 19.8 Å². The van der Waals surface area contributed by atoms with E-state index in [2.05, 4.69) is 0 Å². The van der Waals surface area contributed by atoms with E-state index >= 15 is 0 Å². The maximum Gasteiger partial charge on any atom is 0.119 e. The average molecular weight is 346 g/mol. The summed E-state index contributed by atoms with van der Waals surface area (Å²) in [5.41, 5.74) is 3.24. The van der Waals surface area contributed by atoms with Crippen LogP contribution in [-0.4, -0.2) is 55.0 Å². The van der Waals surface area contributed by atoms with Gasteiger partial charge in [-0.25, -0.2) is 0 Å². The van der Waals surface area contributed by atoms with Crippen LogP contribution in [0.5, 0.6) is 5.75 Å². The number of rotatable bonds is 10. The molecule has 2 aromatic rings. The van der Waals surface area contributed by atoms with E-state index in [9.17, 15) is 15.3 Å². The fraction of sp³-hybridized carbons (Fsp3) is 0.400. The molecule has 1 atom stereocenters. The summed E-state index contributed by atoms with van der Waals surface area (Å²) in [6, 6.07) is 15.7. The van der Waals surface area contributed by atoms with Gasteiger partial charge >= 0.3 is 0 Å². The van der Waals surface area contributed by atoms with Gasteiger partial charge in [0.2, 0.25) is 0 Å². The third-order valence-electron chi connectivity index (χ3n) is 4.02. The Bertz CT molecular complexity index is 605. The molecule has 0 aliphatic carbocycles. The Morgan fingerprint density at radius 3 is 1.92 bits per heavy atom. The van der Waals surface area contributed by atoms with Crippen molar-refractivity contribution in [2.45, 2.75) is 18.4 Å². The molecule has 2 rings (SSSR count). The van der Waals surface area contributed by atoms with Gasteiger partial charge in [0.25, 0.3) is 0 Å². The van der Waals surface area contributed by atoms with E-state index < -0.39 is 6.10 Å². The molecule has 5 nitrogen and oxygen atoms in total. The van der Waals surface area contributed by atoms with E-state index in [1.165, 1.54) is 7.11 Å². The molecule has 0 saturated heterocycles. The van der Waals surface area contributed by atoms with Crippen LogP contribution in [0.3, 0.4) is 0 Å². The minimum absolute atomic E-state index is 0.0591. The number of aliphatic hydroxyl groups excluding tert-OH is 3. The van der Waals surface area contributed by atoms with E-state index in [0.717, 1.165) is 23.1 Å². The molecule has 0 bridgehead atoms. The normalized spacial score (nSPS) is 12.4. The minimum Gasteiger partial charge on any atom is -0.491 e. The van der Waals surface area contributed by atoms with E-state index in [4.69, 9.17) is 9.47 Å². The molecule has 1 unspecified atom stereocenters. The van der Waals surface area contributed by atoms with Crippen LogP contribution in [0.2, 0.25) is 0 Å². The number of aliphatic hydroxyl groups is 3. The lowest BCUT2D eigenvalue weighted by Crippen LogP contribution is -2.22. The van der Waals surface area contributed by atoms with Crippen LogP contribution >= 0.6 is 0 Å². The molecular weight excluding hydrogens is 320 g/mol. The van der Waals surface area contributed by atoms with Gasteiger partial charge in [-0.05, 0) is 35.2 Å². The lowest BCUT2D eigenvalue weighted by Gasteiger charge is -2.13. The summed E-state index contributed by atoms with van der Waals surface area (Å²) in [7, 11) is 1.54. The largest absolute Gasteiger partial charge is 0.491 e. The topological polar surface area (TPSA) is 79.2 Å². The molecule has 3 N–H and O–H groups in total. The zero-order chi connectivity index (χ0) is 18.1. The van der Waals surface area contributed by atoms with Crippen molar-refractivity contribution in [2.24, 2.45) is 0 Å². The van der Waals surface area contributed by atoms with Crippen molar-refractivity contribution in [3.8, 4) is 5.75 Å². The summed E-state index contributed by atoms with van der Waals surface area (Å²) >= 11 is 0. The summed E-state index contributed by atoms with van der Waals surface area (Å²) < 4.78 is 10.4. The molecule has 0 aromatic heterocycles. The maximum atomic E-state index is 9.58. The molecule has 0 heterocycles. The highest BCUT2D eigenvalue weighted by molar-refractivity contribution is 5.33. The minimum atomic E-state index is -0.634. The molecule has 0 radical (unpaired) electrons. The van der Waals surface area contributed by atoms with Crippen molar-refractivity contribution in [3.05, 3.63) is 65.2 Å². The number of hydrogen-bond acceptors (Lipinski definition) is 5. The van der Waals surface area contributed by atoms with Crippen LogP contribution in [-0.2, 0) is 11.2 Å². The highest BCUT2D eigenvalue weighted by Gasteiger charge is 2.09. The second-order valence-corrected chi connectivity index (χ2v) is 6.04. The van der Waals surface area contributed by atoms with E-state index in [1.54, 1.807) is 0 Å². The van der Waals surface area contributed by atoms with Crippen LogP contribution in [0, 0.1) is 0 Å². The first-order chi connectivity index (χ1) is 12.2. The predicted molar refractivity (Wildman–Crippen MR) is 96.0 cm³/mol.